The topological polar surface area (TPSA) is 29.1 Å². The second kappa shape index (κ2) is 8.63. The van der Waals surface area contributed by atoms with Crippen LogP contribution in [0.4, 0.5) is 0 Å². The fourth-order valence-corrected chi connectivity index (χ4v) is 3.08. The lowest BCUT2D eigenvalue weighted by Gasteiger charge is -2.13. The van der Waals surface area contributed by atoms with Crippen LogP contribution in [0.3, 0.4) is 0 Å². The molecule has 1 amide bonds. The highest BCUT2D eigenvalue weighted by atomic mass is 32.1. The quantitative estimate of drug-likeness (QED) is 0.777. The van der Waals surface area contributed by atoms with Gasteiger partial charge in [0.25, 0.3) is 0 Å². The number of thiophene rings is 1. The van der Waals surface area contributed by atoms with E-state index in [4.69, 9.17) is 0 Å². The van der Waals surface area contributed by atoms with Gasteiger partial charge in [0.2, 0.25) is 5.91 Å². The molecule has 1 heterocycles. The fraction of sp³-hybridized carbons (Fsp3) is 0.389. The molecule has 0 aliphatic carbocycles. The van der Waals surface area contributed by atoms with Crippen LogP contribution in [0.2, 0.25) is 0 Å². The Hall–Kier alpha value is -1.61. The standard InChI is InChI=1S/C18H23NOS/c1-15(12-13-16-7-3-2-4-8-16)19-18(20)11-5-9-17-10-6-14-21-17/h2-4,6-8,10,14-15H,5,9,11-13H2,1H3,(H,19,20). The molecule has 0 saturated carbocycles. The minimum absolute atomic E-state index is 0.173. The van der Waals surface area contributed by atoms with E-state index in [-0.39, 0.29) is 11.9 Å². The summed E-state index contributed by atoms with van der Waals surface area (Å²) in [6.07, 6.45) is 4.55. The molecule has 1 unspecified atom stereocenters. The maximum absolute atomic E-state index is 11.9. The summed E-state index contributed by atoms with van der Waals surface area (Å²) in [4.78, 5) is 13.2. The second-order valence-corrected chi connectivity index (χ2v) is 6.46. The van der Waals surface area contributed by atoms with Crippen LogP contribution < -0.4 is 5.32 Å². The molecule has 1 aromatic heterocycles. The fourth-order valence-electron chi connectivity index (χ4n) is 2.33. The first-order chi connectivity index (χ1) is 10.2. The van der Waals surface area contributed by atoms with E-state index >= 15 is 0 Å². The van der Waals surface area contributed by atoms with Crippen LogP contribution in [0.5, 0.6) is 0 Å². The van der Waals surface area contributed by atoms with Gasteiger partial charge in [-0.2, -0.15) is 0 Å². The van der Waals surface area contributed by atoms with Gasteiger partial charge in [-0.15, -0.1) is 11.3 Å². The van der Waals surface area contributed by atoms with E-state index in [0.717, 1.165) is 25.7 Å². The van der Waals surface area contributed by atoms with Crippen LogP contribution >= 0.6 is 11.3 Å². The molecule has 1 atom stereocenters. The van der Waals surface area contributed by atoms with Crippen LogP contribution in [-0.2, 0) is 17.6 Å². The molecule has 0 aliphatic rings. The third-order valence-corrected chi connectivity index (χ3v) is 4.46. The summed E-state index contributed by atoms with van der Waals surface area (Å²) in [6, 6.07) is 14.8. The summed E-state index contributed by atoms with van der Waals surface area (Å²) in [7, 11) is 0. The van der Waals surface area contributed by atoms with E-state index in [1.165, 1.54) is 10.4 Å². The zero-order valence-electron chi connectivity index (χ0n) is 12.5. The summed E-state index contributed by atoms with van der Waals surface area (Å²) in [5.74, 6) is 0.173. The number of carbonyl (C=O) groups is 1. The Morgan fingerprint density at radius 3 is 2.67 bits per heavy atom. The Kier molecular flexibility index (Phi) is 6.48. The number of hydrogen-bond donors (Lipinski definition) is 1. The molecule has 112 valence electrons. The maximum Gasteiger partial charge on any atom is 0.220 e. The Morgan fingerprint density at radius 2 is 1.95 bits per heavy atom. The Morgan fingerprint density at radius 1 is 1.14 bits per heavy atom. The van der Waals surface area contributed by atoms with E-state index in [1.807, 2.05) is 6.07 Å². The van der Waals surface area contributed by atoms with Crippen molar-refractivity contribution < 1.29 is 4.79 Å². The zero-order chi connectivity index (χ0) is 14.9. The lowest BCUT2D eigenvalue weighted by Crippen LogP contribution is -2.32. The molecule has 2 rings (SSSR count). The van der Waals surface area contributed by atoms with Crippen molar-refractivity contribution in [3.8, 4) is 0 Å². The molecular formula is C18H23NOS. The number of aryl methyl sites for hydroxylation is 2. The molecule has 0 spiro atoms. The van der Waals surface area contributed by atoms with Gasteiger partial charge in [-0.3, -0.25) is 4.79 Å². The van der Waals surface area contributed by atoms with Crippen molar-refractivity contribution in [2.24, 2.45) is 0 Å². The van der Waals surface area contributed by atoms with Crippen LogP contribution in [0.25, 0.3) is 0 Å². The van der Waals surface area contributed by atoms with Gasteiger partial charge in [0, 0.05) is 17.3 Å². The highest BCUT2D eigenvalue weighted by molar-refractivity contribution is 7.09. The van der Waals surface area contributed by atoms with Crippen LogP contribution in [0.15, 0.2) is 47.8 Å². The van der Waals surface area contributed by atoms with Gasteiger partial charge in [0.05, 0.1) is 0 Å². The maximum atomic E-state index is 11.9. The van der Waals surface area contributed by atoms with Gasteiger partial charge in [0.15, 0.2) is 0 Å². The highest BCUT2D eigenvalue weighted by Crippen LogP contribution is 2.12. The van der Waals surface area contributed by atoms with Gasteiger partial charge >= 0.3 is 0 Å². The summed E-state index contributed by atoms with van der Waals surface area (Å²) in [6.45, 7) is 2.08. The third-order valence-electron chi connectivity index (χ3n) is 3.52. The zero-order valence-corrected chi connectivity index (χ0v) is 13.4. The van der Waals surface area contributed by atoms with Crippen molar-refractivity contribution in [1.29, 1.82) is 0 Å². The minimum atomic E-state index is 0.173. The van der Waals surface area contributed by atoms with Crippen molar-refractivity contribution in [2.45, 2.75) is 45.1 Å². The first-order valence-corrected chi connectivity index (χ1v) is 8.47. The first-order valence-electron chi connectivity index (χ1n) is 7.59. The molecule has 1 N–H and O–H groups in total. The summed E-state index contributed by atoms with van der Waals surface area (Å²) in [5, 5.41) is 5.18. The monoisotopic (exact) mass is 301 g/mol. The van der Waals surface area contributed by atoms with Gasteiger partial charge in [-0.05, 0) is 49.6 Å². The molecular weight excluding hydrogens is 278 g/mol. The molecule has 1 aromatic carbocycles. The number of amides is 1. The number of benzene rings is 1. The first kappa shape index (κ1) is 15.8. The van der Waals surface area contributed by atoms with Gasteiger partial charge in [-0.1, -0.05) is 36.4 Å². The van der Waals surface area contributed by atoms with Gasteiger partial charge < -0.3 is 5.32 Å². The Bertz CT molecular complexity index is 521. The third kappa shape index (κ3) is 6.13. The van der Waals surface area contributed by atoms with Crippen molar-refractivity contribution in [2.75, 3.05) is 0 Å². The molecule has 0 bridgehead atoms. The number of rotatable bonds is 8. The number of nitrogens with one attached hydrogen (secondary N) is 1. The summed E-state index contributed by atoms with van der Waals surface area (Å²) >= 11 is 1.76. The average Bonchev–Trinajstić information content (AvgIpc) is 2.99. The van der Waals surface area contributed by atoms with E-state index in [2.05, 4.69) is 54.0 Å². The van der Waals surface area contributed by atoms with Crippen molar-refractivity contribution in [1.82, 2.24) is 5.32 Å². The smallest absolute Gasteiger partial charge is 0.220 e. The normalized spacial score (nSPS) is 12.0. The van der Waals surface area contributed by atoms with Gasteiger partial charge in [0.1, 0.15) is 0 Å². The molecule has 0 radical (unpaired) electrons. The molecule has 0 fully saturated rings. The highest BCUT2D eigenvalue weighted by Gasteiger charge is 2.07. The predicted molar refractivity (Wildman–Crippen MR) is 89.6 cm³/mol. The SMILES string of the molecule is CC(CCc1ccccc1)NC(=O)CCCc1cccs1. The van der Waals surface area contributed by atoms with Crippen LogP contribution in [0.1, 0.15) is 36.6 Å². The van der Waals surface area contributed by atoms with Crippen LogP contribution in [-0.4, -0.2) is 11.9 Å². The van der Waals surface area contributed by atoms with E-state index in [1.54, 1.807) is 11.3 Å². The lowest BCUT2D eigenvalue weighted by molar-refractivity contribution is -0.121. The molecule has 0 aliphatic heterocycles. The van der Waals surface area contributed by atoms with Crippen LogP contribution in [0, 0.1) is 0 Å². The van der Waals surface area contributed by atoms with Crippen molar-refractivity contribution >= 4 is 17.2 Å². The molecule has 2 aromatic rings. The molecule has 0 saturated heterocycles. The van der Waals surface area contributed by atoms with Crippen molar-refractivity contribution in [3.05, 3.63) is 58.3 Å². The number of hydrogen-bond acceptors (Lipinski definition) is 2. The molecule has 3 heteroatoms. The van der Waals surface area contributed by atoms with Gasteiger partial charge in [-0.25, -0.2) is 0 Å². The lowest BCUT2D eigenvalue weighted by atomic mass is 10.1. The largest absolute Gasteiger partial charge is 0.354 e. The Balaban J connectivity index is 1.60. The average molecular weight is 301 g/mol. The summed E-state index contributed by atoms with van der Waals surface area (Å²) in [5.41, 5.74) is 1.33. The molecule has 21 heavy (non-hydrogen) atoms. The number of carbonyl (C=O) groups excluding carboxylic acids is 1. The Labute approximate surface area is 131 Å². The van der Waals surface area contributed by atoms with E-state index in [0.29, 0.717) is 6.42 Å². The molecule has 2 nitrogen and oxygen atoms in total. The summed E-state index contributed by atoms with van der Waals surface area (Å²) < 4.78 is 0. The van der Waals surface area contributed by atoms with E-state index < -0.39 is 0 Å². The second-order valence-electron chi connectivity index (χ2n) is 5.43. The van der Waals surface area contributed by atoms with Crippen molar-refractivity contribution in [3.63, 3.8) is 0 Å². The predicted octanol–water partition coefficient (Wildman–Crippen LogP) is 4.21. The van der Waals surface area contributed by atoms with E-state index in [9.17, 15) is 4.79 Å². The minimum Gasteiger partial charge on any atom is -0.354 e.